The van der Waals surface area contributed by atoms with Crippen molar-refractivity contribution in [1.29, 1.82) is 0 Å². The van der Waals surface area contributed by atoms with E-state index in [1.165, 1.54) is 19.2 Å². The second kappa shape index (κ2) is 8.44. The van der Waals surface area contributed by atoms with E-state index in [0.717, 1.165) is 24.9 Å². The lowest BCUT2D eigenvalue weighted by Crippen LogP contribution is -2.44. The zero-order valence-electron chi connectivity index (χ0n) is 14.4. The third-order valence-corrected chi connectivity index (χ3v) is 4.70. The van der Waals surface area contributed by atoms with E-state index in [1.807, 2.05) is 13.0 Å². The van der Waals surface area contributed by atoms with Gasteiger partial charge in [0.1, 0.15) is 5.82 Å². The van der Waals surface area contributed by atoms with Gasteiger partial charge in [0.2, 0.25) is 0 Å². The summed E-state index contributed by atoms with van der Waals surface area (Å²) in [5, 5.41) is 17.4. The van der Waals surface area contributed by atoms with Crippen LogP contribution in [0.1, 0.15) is 36.8 Å². The zero-order valence-corrected chi connectivity index (χ0v) is 14.4. The van der Waals surface area contributed by atoms with Crippen molar-refractivity contribution in [2.24, 2.45) is 5.92 Å². The molecule has 1 saturated heterocycles. The Hall–Kier alpha value is -1.66. The molecule has 1 heterocycles. The summed E-state index contributed by atoms with van der Waals surface area (Å²) in [6.07, 6.45) is 2.43. The van der Waals surface area contributed by atoms with Crippen LogP contribution < -0.4 is 10.6 Å². The first kappa shape index (κ1) is 18.7. The van der Waals surface area contributed by atoms with Crippen molar-refractivity contribution in [3.63, 3.8) is 0 Å². The number of carbonyl (C=O) groups is 1. The van der Waals surface area contributed by atoms with Crippen LogP contribution in [-0.2, 0) is 10.3 Å². The molecule has 0 aromatic heterocycles. The highest BCUT2D eigenvalue weighted by molar-refractivity contribution is 5.66. The minimum absolute atomic E-state index is 0.0191. The third kappa shape index (κ3) is 4.68. The van der Waals surface area contributed by atoms with Crippen LogP contribution in [0.5, 0.6) is 0 Å². The molecule has 5 nitrogen and oxygen atoms in total. The average Bonchev–Trinajstić information content (AvgIpc) is 2.58. The van der Waals surface area contributed by atoms with Gasteiger partial charge >= 0.3 is 6.09 Å². The predicted molar refractivity (Wildman–Crippen MR) is 90.3 cm³/mol. The van der Waals surface area contributed by atoms with Gasteiger partial charge in [-0.1, -0.05) is 6.07 Å². The molecule has 1 aliphatic rings. The molecular weight excluding hydrogens is 311 g/mol. The number of ether oxygens (including phenoxy) is 1. The van der Waals surface area contributed by atoms with Crippen LogP contribution >= 0.6 is 0 Å². The molecule has 1 fully saturated rings. The molecule has 1 aromatic rings. The highest BCUT2D eigenvalue weighted by Gasteiger charge is 2.38. The Bertz CT molecular complexity index is 541. The van der Waals surface area contributed by atoms with Crippen LogP contribution in [0.25, 0.3) is 0 Å². The van der Waals surface area contributed by atoms with Crippen molar-refractivity contribution in [3.8, 4) is 0 Å². The van der Waals surface area contributed by atoms with Gasteiger partial charge in [-0.2, -0.15) is 0 Å². The summed E-state index contributed by atoms with van der Waals surface area (Å²) in [5.41, 5.74) is 0.296. The van der Waals surface area contributed by atoms with Crippen molar-refractivity contribution in [2.45, 2.75) is 38.2 Å². The number of alkyl carbamates (subject to hydrolysis) is 1. The average molecular weight is 338 g/mol. The van der Waals surface area contributed by atoms with E-state index in [-0.39, 0.29) is 11.7 Å². The van der Waals surface area contributed by atoms with E-state index < -0.39 is 11.7 Å². The fourth-order valence-electron chi connectivity index (χ4n) is 3.45. The van der Waals surface area contributed by atoms with E-state index in [0.29, 0.717) is 31.5 Å². The Morgan fingerprint density at radius 2 is 2.29 bits per heavy atom. The first-order valence-electron chi connectivity index (χ1n) is 8.48. The van der Waals surface area contributed by atoms with Crippen LogP contribution in [-0.4, -0.2) is 37.9 Å². The molecule has 2 rings (SSSR count). The number of hydrogen-bond acceptors (Lipinski definition) is 4. The largest absolute Gasteiger partial charge is 0.453 e. The van der Waals surface area contributed by atoms with Crippen LogP contribution in [0.2, 0.25) is 0 Å². The van der Waals surface area contributed by atoms with Crippen LogP contribution in [0.3, 0.4) is 0 Å². The Balaban J connectivity index is 2.15. The summed E-state index contributed by atoms with van der Waals surface area (Å²) in [6, 6.07) is 4.74. The SMILES string of the molecule is COC(=O)NCCC[C@@](O)(c1cc(C)cc(F)c1)[C@@H]1CCCNC1. The number of piperidine rings is 1. The molecule has 2 atom stereocenters. The summed E-state index contributed by atoms with van der Waals surface area (Å²) >= 11 is 0. The molecule has 0 spiro atoms. The van der Waals surface area contributed by atoms with E-state index in [9.17, 15) is 14.3 Å². The van der Waals surface area contributed by atoms with Crippen LogP contribution in [0.15, 0.2) is 18.2 Å². The maximum atomic E-state index is 13.9. The molecule has 0 unspecified atom stereocenters. The third-order valence-electron chi connectivity index (χ3n) is 4.70. The maximum absolute atomic E-state index is 13.9. The summed E-state index contributed by atoms with van der Waals surface area (Å²) in [4.78, 5) is 11.1. The number of methoxy groups -OCH3 is 1. The lowest BCUT2D eigenvalue weighted by atomic mass is 9.74. The number of rotatable bonds is 6. The minimum Gasteiger partial charge on any atom is -0.453 e. The first-order valence-corrected chi connectivity index (χ1v) is 8.48. The number of carbonyl (C=O) groups excluding carboxylic acids is 1. The molecule has 134 valence electrons. The number of benzene rings is 1. The van der Waals surface area contributed by atoms with Gasteiger partial charge < -0.3 is 20.5 Å². The lowest BCUT2D eigenvalue weighted by molar-refractivity contribution is -0.0423. The molecule has 0 radical (unpaired) electrons. The van der Waals surface area contributed by atoms with Gasteiger partial charge in [0.15, 0.2) is 0 Å². The van der Waals surface area contributed by atoms with Crippen molar-refractivity contribution < 1.29 is 19.0 Å². The summed E-state index contributed by atoms with van der Waals surface area (Å²) in [5.74, 6) is -0.314. The Kier molecular flexibility index (Phi) is 6.57. The molecule has 0 saturated carbocycles. The summed E-state index contributed by atoms with van der Waals surface area (Å²) in [6.45, 7) is 3.88. The van der Waals surface area contributed by atoms with Gasteiger partial charge in [-0.25, -0.2) is 9.18 Å². The number of nitrogens with one attached hydrogen (secondary N) is 2. The first-order chi connectivity index (χ1) is 11.5. The molecular formula is C18H27FN2O3. The number of aryl methyl sites for hydroxylation is 1. The molecule has 1 amide bonds. The Morgan fingerprint density at radius 1 is 1.50 bits per heavy atom. The fraction of sp³-hybridized carbons (Fsp3) is 0.611. The summed E-state index contributed by atoms with van der Waals surface area (Å²) < 4.78 is 18.4. The van der Waals surface area contributed by atoms with Crippen LogP contribution in [0.4, 0.5) is 9.18 Å². The standard InChI is InChI=1S/C18H27FN2O3/c1-13-9-15(11-16(19)10-13)18(23,14-5-3-7-20-12-14)6-4-8-21-17(22)24-2/h9-11,14,20,23H,3-8,12H2,1-2H3,(H,21,22)/t14-,18+/m1/s1. The van der Waals surface area contributed by atoms with Crippen molar-refractivity contribution >= 4 is 6.09 Å². The zero-order chi connectivity index (χ0) is 17.6. The molecule has 24 heavy (non-hydrogen) atoms. The molecule has 0 aliphatic carbocycles. The number of aliphatic hydroxyl groups is 1. The second-order valence-electron chi connectivity index (χ2n) is 6.51. The van der Waals surface area contributed by atoms with Gasteiger partial charge in [-0.15, -0.1) is 0 Å². The van der Waals surface area contributed by atoms with Gasteiger partial charge in [0.05, 0.1) is 12.7 Å². The minimum atomic E-state index is -1.11. The smallest absolute Gasteiger partial charge is 0.406 e. The van der Waals surface area contributed by atoms with E-state index in [1.54, 1.807) is 0 Å². The second-order valence-corrected chi connectivity index (χ2v) is 6.51. The molecule has 3 N–H and O–H groups in total. The van der Waals surface area contributed by atoms with Crippen LogP contribution in [0, 0.1) is 18.7 Å². The van der Waals surface area contributed by atoms with Gasteiger partial charge in [0.25, 0.3) is 0 Å². The van der Waals surface area contributed by atoms with Crippen molar-refractivity contribution in [1.82, 2.24) is 10.6 Å². The maximum Gasteiger partial charge on any atom is 0.406 e. The fourth-order valence-corrected chi connectivity index (χ4v) is 3.45. The van der Waals surface area contributed by atoms with Gasteiger partial charge in [-0.05, 0) is 62.4 Å². The molecule has 0 bridgehead atoms. The quantitative estimate of drug-likeness (QED) is 0.697. The summed E-state index contributed by atoms with van der Waals surface area (Å²) in [7, 11) is 1.31. The van der Waals surface area contributed by atoms with Gasteiger partial charge in [0, 0.05) is 19.0 Å². The number of halogens is 1. The van der Waals surface area contributed by atoms with Crippen molar-refractivity contribution in [3.05, 3.63) is 35.1 Å². The monoisotopic (exact) mass is 338 g/mol. The normalized spacial score (nSPS) is 20.2. The van der Waals surface area contributed by atoms with E-state index in [2.05, 4.69) is 15.4 Å². The predicted octanol–water partition coefficient (Wildman–Crippen LogP) is 2.46. The Morgan fingerprint density at radius 3 is 2.92 bits per heavy atom. The lowest BCUT2D eigenvalue weighted by Gasteiger charge is -2.39. The molecule has 1 aliphatic heterocycles. The van der Waals surface area contributed by atoms with E-state index in [4.69, 9.17) is 0 Å². The highest BCUT2D eigenvalue weighted by Crippen LogP contribution is 2.38. The number of hydrogen-bond donors (Lipinski definition) is 3. The Labute approximate surface area is 142 Å². The molecule has 6 heteroatoms. The number of amides is 1. The van der Waals surface area contributed by atoms with Crippen molar-refractivity contribution in [2.75, 3.05) is 26.7 Å². The van der Waals surface area contributed by atoms with E-state index >= 15 is 0 Å². The van der Waals surface area contributed by atoms with Gasteiger partial charge in [-0.3, -0.25) is 0 Å². The highest BCUT2D eigenvalue weighted by atomic mass is 19.1. The topological polar surface area (TPSA) is 70.6 Å². The molecule has 1 aromatic carbocycles.